The summed E-state index contributed by atoms with van der Waals surface area (Å²) >= 11 is 5.74. The molecule has 0 aliphatic heterocycles. The topological polar surface area (TPSA) is 38.4 Å². The molecule has 0 N–H and O–H groups in total. The van der Waals surface area contributed by atoms with Crippen molar-refractivity contribution in [1.82, 2.24) is 4.98 Å². The SMILES string of the molecule is C=Nc1nc2ccc(Cl)cc2o1. The van der Waals surface area contributed by atoms with Crippen molar-refractivity contribution >= 4 is 35.4 Å². The van der Waals surface area contributed by atoms with Gasteiger partial charge in [0, 0.05) is 11.1 Å². The lowest BCUT2D eigenvalue weighted by molar-refractivity contribution is 0.614. The van der Waals surface area contributed by atoms with Crippen molar-refractivity contribution in [2.45, 2.75) is 0 Å². The zero-order valence-electron chi connectivity index (χ0n) is 6.12. The minimum atomic E-state index is 0.271. The van der Waals surface area contributed by atoms with E-state index in [2.05, 4.69) is 16.7 Å². The van der Waals surface area contributed by atoms with E-state index >= 15 is 0 Å². The Morgan fingerprint density at radius 3 is 3.08 bits per heavy atom. The molecular formula is C8H5ClN2O. The average molecular weight is 181 g/mol. The second-order valence-electron chi connectivity index (χ2n) is 2.27. The van der Waals surface area contributed by atoms with E-state index in [-0.39, 0.29) is 6.01 Å². The smallest absolute Gasteiger partial charge is 0.322 e. The number of oxazole rings is 1. The molecule has 0 amide bonds. The van der Waals surface area contributed by atoms with Crippen molar-refractivity contribution < 1.29 is 4.42 Å². The van der Waals surface area contributed by atoms with Crippen LogP contribution in [0.2, 0.25) is 5.02 Å². The van der Waals surface area contributed by atoms with Gasteiger partial charge in [-0.15, -0.1) is 0 Å². The maximum Gasteiger partial charge on any atom is 0.322 e. The molecule has 4 heteroatoms. The van der Waals surface area contributed by atoms with E-state index in [0.29, 0.717) is 10.6 Å². The maximum atomic E-state index is 5.74. The van der Waals surface area contributed by atoms with Crippen molar-refractivity contribution in [3.8, 4) is 0 Å². The van der Waals surface area contributed by atoms with Gasteiger partial charge in [-0.05, 0) is 18.9 Å². The average Bonchev–Trinajstić information content (AvgIpc) is 2.46. The van der Waals surface area contributed by atoms with Crippen LogP contribution in [0.3, 0.4) is 0 Å². The molecule has 0 spiro atoms. The van der Waals surface area contributed by atoms with Crippen LogP contribution in [0.15, 0.2) is 27.6 Å². The number of benzene rings is 1. The summed E-state index contributed by atoms with van der Waals surface area (Å²) < 4.78 is 5.17. The molecule has 2 rings (SSSR count). The minimum Gasteiger partial charge on any atom is -0.422 e. The minimum absolute atomic E-state index is 0.271. The molecular weight excluding hydrogens is 176 g/mol. The number of hydrogen-bond acceptors (Lipinski definition) is 3. The quantitative estimate of drug-likeness (QED) is 0.633. The number of fused-ring (bicyclic) bond motifs is 1. The van der Waals surface area contributed by atoms with Crippen LogP contribution in [-0.4, -0.2) is 11.7 Å². The van der Waals surface area contributed by atoms with Gasteiger partial charge in [-0.2, -0.15) is 4.98 Å². The van der Waals surface area contributed by atoms with E-state index in [1.807, 2.05) is 0 Å². The van der Waals surface area contributed by atoms with Crippen molar-refractivity contribution in [2.24, 2.45) is 4.99 Å². The number of hydrogen-bond donors (Lipinski definition) is 0. The molecule has 0 atom stereocenters. The summed E-state index contributed by atoms with van der Waals surface area (Å²) in [5.41, 5.74) is 1.37. The molecule has 0 radical (unpaired) electrons. The van der Waals surface area contributed by atoms with Crippen molar-refractivity contribution in [3.63, 3.8) is 0 Å². The summed E-state index contributed by atoms with van der Waals surface area (Å²) in [7, 11) is 0. The van der Waals surface area contributed by atoms with E-state index in [1.54, 1.807) is 18.2 Å². The molecule has 2 aromatic rings. The van der Waals surface area contributed by atoms with Crippen LogP contribution < -0.4 is 0 Å². The summed E-state index contributed by atoms with van der Waals surface area (Å²) in [5, 5.41) is 0.620. The highest BCUT2D eigenvalue weighted by atomic mass is 35.5. The highest BCUT2D eigenvalue weighted by Gasteiger charge is 2.02. The number of halogens is 1. The molecule has 0 saturated heterocycles. The largest absolute Gasteiger partial charge is 0.422 e. The standard InChI is InChI=1S/C8H5ClN2O/c1-10-8-11-6-3-2-5(9)4-7(6)12-8/h2-4H,1H2. The number of aliphatic imine (C=N–C) groups is 1. The zero-order valence-corrected chi connectivity index (χ0v) is 6.88. The van der Waals surface area contributed by atoms with Gasteiger partial charge < -0.3 is 4.42 Å². The van der Waals surface area contributed by atoms with Crippen LogP contribution >= 0.6 is 11.6 Å². The molecule has 1 heterocycles. The number of aromatic nitrogens is 1. The van der Waals surface area contributed by atoms with E-state index in [1.165, 1.54) is 0 Å². The lowest BCUT2D eigenvalue weighted by atomic mass is 10.3. The van der Waals surface area contributed by atoms with E-state index in [4.69, 9.17) is 16.0 Å². The van der Waals surface area contributed by atoms with Crippen LogP contribution in [0, 0.1) is 0 Å². The van der Waals surface area contributed by atoms with E-state index < -0.39 is 0 Å². The Morgan fingerprint density at radius 1 is 1.50 bits per heavy atom. The Bertz CT molecular complexity index is 436. The molecule has 0 aliphatic carbocycles. The Hall–Kier alpha value is -1.35. The molecule has 12 heavy (non-hydrogen) atoms. The summed E-state index contributed by atoms with van der Waals surface area (Å²) in [6.07, 6.45) is 0. The van der Waals surface area contributed by atoms with Gasteiger partial charge in [-0.3, -0.25) is 0 Å². The molecule has 0 bridgehead atoms. The Labute approximate surface area is 73.7 Å². The molecule has 60 valence electrons. The lowest BCUT2D eigenvalue weighted by Gasteiger charge is -1.85. The number of nitrogens with zero attached hydrogens (tertiary/aromatic N) is 2. The van der Waals surface area contributed by atoms with E-state index in [0.717, 1.165) is 5.52 Å². The summed E-state index contributed by atoms with van der Waals surface area (Å²) in [4.78, 5) is 7.58. The van der Waals surface area contributed by atoms with Crippen LogP contribution in [0.1, 0.15) is 0 Å². The molecule has 1 aromatic carbocycles. The predicted octanol–water partition coefficient (Wildman–Crippen LogP) is 2.81. The Kier molecular flexibility index (Phi) is 1.59. The van der Waals surface area contributed by atoms with Crippen LogP contribution in [0.5, 0.6) is 0 Å². The van der Waals surface area contributed by atoms with Crippen LogP contribution in [-0.2, 0) is 0 Å². The molecule has 1 aromatic heterocycles. The second-order valence-corrected chi connectivity index (χ2v) is 2.70. The van der Waals surface area contributed by atoms with Crippen molar-refractivity contribution in [3.05, 3.63) is 23.2 Å². The zero-order chi connectivity index (χ0) is 8.55. The van der Waals surface area contributed by atoms with Crippen molar-refractivity contribution in [1.29, 1.82) is 0 Å². The van der Waals surface area contributed by atoms with Gasteiger partial charge in [0.1, 0.15) is 5.52 Å². The first kappa shape index (κ1) is 7.31. The Balaban J connectivity index is 2.75. The first-order valence-electron chi connectivity index (χ1n) is 3.32. The fourth-order valence-electron chi connectivity index (χ4n) is 0.954. The van der Waals surface area contributed by atoms with Gasteiger partial charge >= 0.3 is 6.01 Å². The van der Waals surface area contributed by atoms with Crippen molar-refractivity contribution in [2.75, 3.05) is 0 Å². The molecule has 3 nitrogen and oxygen atoms in total. The van der Waals surface area contributed by atoms with Crippen LogP contribution in [0.25, 0.3) is 11.1 Å². The highest BCUT2D eigenvalue weighted by Crippen LogP contribution is 2.23. The summed E-state index contributed by atoms with van der Waals surface area (Å²) in [5.74, 6) is 0. The fraction of sp³-hybridized carbons (Fsp3) is 0. The first-order chi connectivity index (χ1) is 5.79. The fourth-order valence-corrected chi connectivity index (χ4v) is 1.12. The Morgan fingerprint density at radius 2 is 2.33 bits per heavy atom. The summed E-state index contributed by atoms with van der Waals surface area (Å²) in [6, 6.07) is 5.49. The molecule has 0 unspecified atom stereocenters. The molecule has 0 aliphatic rings. The normalized spacial score (nSPS) is 10.4. The molecule has 0 fully saturated rings. The van der Waals surface area contributed by atoms with Gasteiger partial charge in [0.25, 0.3) is 0 Å². The predicted molar refractivity (Wildman–Crippen MR) is 48.2 cm³/mol. The number of rotatable bonds is 1. The van der Waals surface area contributed by atoms with Crippen LogP contribution in [0.4, 0.5) is 6.01 Å². The second kappa shape index (κ2) is 2.60. The van der Waals surface area contributed by atoms with E-state index in [9.17, 15) is 0 Å². The third kappa shape index (κ3) is 1.08. The van der Waals surface area contributed by atoms with Gasteiger partial charge in [-0.1, -0.05) is 11.6 Å². The first-order valence-corrected chi connectivity index (χ1v) is 3.70. The highest BCUT2D eigenvalue weighted by molar-refractivity contribution is 6.31. The lowest BCUT2D eigenvalue weighted by Crippen LogP contribution is -1.66. The van der Waals surface area contributed by atoms with Gasteiger partial charge in [0.2, 0.25) is 0 Å². The monoisotopic (exact) mass is 180 g/mol. The third-order valence-electron chi connectivity index (χ3n) is 1.47. The summed E-state index contributed by atoms with van der Waals surface area (Å²) in [6.45, 7) is 3.31. The van der Waals surface area contributed by atoms with Gasteiger partial charge in [0.05, 0.1) is 0 Å². The molecule has 0 saturated carbocycles. The van der Waals surface area contributed by atoms with Gasteiger partial charge in [-0.25, -0.2) is 4.99 Å². The maximum absolute atomic E-state index is 5.74. The third-order valence-corrected chi connectivity index (χ3v) is 1.71. The van der Waals surface area contributed by atoms with Gasteiger partial charge in [0.15, 0.2) is 5.58 Å².